The molecular formula is C17H22ClN3O3. The van der Waals surface area contributed by atoms with Crippen molar-refractivity contribution >= 4 is 23.4 Å². The average molecular weight is 352 g/mol. The Morgan fingerprint density at radius 2 is 2.04 bits per heavy atom. The average Bonchev–Trinajstić information content (AvgIpc) is 2.79. The van der Waals surface area contributed by atoms with Crippen molar-refractivity contribution in [3.63, 3.8) is 0 Å². The Hall–Kier alpha value is -1.63. The first-order valence-corrected chi connectivity index (χ1v) is 8.57. The minimum absolute atomic E-state index is 0.0878. The van der Waals surface area contributed by atoms with Crippen LogP contribution in [0.5, 0.6) is 0 Å². The Balaban J connectivity index is 1.82. The molecular weight excluding hydrogens is 330 g/mol. The third-order valence-corrected chi connectivity index (χ3v) is 4.87. The van der Waals surface area contributed by atoms with Crippen molar-refractivity contribution in [1.29, 1.82) is 0 Å². The van der Waals surface area contributed by atoms with Gasteiger partial charge >= 0.3 is 0 Å². The number of halogens is 1. The molecule has 130 valence electrons. The Morgan fingerprint density at radius 3 is 2.83 bits per heavy atom. The molecule has 6 nitrogen and oxygen atoms in total. The fourth-order valence-corrected chi connectivity index (χ4v) is 3.43. The molecule has 2 heterocycles. The number of hydrogen-bond acceptors (Lipinski definition) is 4. The summed E-state index contributed by atoms with van der Waals surface area (Å²) in [6.07, 6.45) is 0.184. The molecule has 7 heteroatoms. The van der Waals surface area contributed by atoms with Gasteiger partial charge in [0.25, 0.3) is 5.91 Å². The summed E-state index contributed by atoms with van der Waals surface area (Å²) in [7, 11) is 2.05. The van der Waals surface area contributed by atoms with Crippen LogP contribution in [0.3, 0.4) is 0 Å². The largest absolute Gasteiger partial charge is 0.356 e. The van der Waals surface area contributed by atoms with E-state index < -0.39 is 12.1 Å². The molecule has 1 N–H and O–H groups in total. The van der Waals surface area contributed by atoms with Crippen LogP contribution in [0.25, 0.3) is 0 Å². The molecule has 2 unspecified atom stereocenters. The molecule has 0 spiro atoms. The molecule has 1 aromatic rings. The number of carbonyl (C=O) groups excluding carboxylic acids is 2. The topological polar surface area (TPSA) is 61.9 Å². The minimum atomic E-state index is -0.744. The SMILES string of the molecule is CN1CCCN(C(=O)C2OCC(=O)NC2c2ccccc2Cl)CC1. The molecule has 0 radical (unpaired) electrons. The summed E-state index contributed by atoms with van der Waals surface area (Å²) < 4.78 is 5.62. The van der Waals surface area contributed by atoms with Gasteiger partial charge in [-0.3, -0.25) is 9.59 Å². The standard InChI is InChI=1S/C17H22ClN3O3/c1-20-7-4-8-21(10-9-20)17(23)16-15(19-14(22)11-24-16)12-5-2-3-6-13(12)18/h2-3,5-6,15-16H,4,7-11H2,1H3,(H,19,22). The quantitative estimate of drug-likeness (QED) is 0.865. The number of nitrogens with one attached hydrogen (secondary N) is 1. The molecule has 2 saturated heterocycles. The van der Waals surface area contributed by atoms with Gasteiger partial charge in [0, 0.05) is 24.7 Å². The van der Waals surface area contributed by atoms with Gasteiger partial charge in [0.05, 0.1) is 6.04 Å². The molecule has 2 aliphatic rings. The Kier molecular flexibility index (Phi) is 5.38. The summed E-state index contributed by atoms with van der Waals surface area (Å²) in [5.41, 5.74) is 0.706. The zero-order valence-electron chi connectivity index (χ0n) is 13.7. The second-order valence-corrected chi connectivity index (χ2v) is 6.69. The van der Waals surface area contributed by atoms with E-state index in [9.17, 15) is 9.59 Å². The number of amides is 2. The summed E-state index contributed by atoms with van der Waals surface area (Å²) in [6, 6.07) is 6.66. The van der Waals surface area contributed by atoms with Gasteiger partial charge in [-0.1, -0.05) is 29.8 Å². The Labute approximate surface area is 146 Å². The molecule has 0 saturated carbocycles. The first-order chi connectivity index (χ1) is 11.6. The van der Waals surface area contributed by atoms with Crippen LogP contribution in [-0.4, -0.2) is 67.6 Å². The van der Waals surface area contributed by atoms with Gasteiger partial charge in [0.15, 0.2) is 6.10 Å². The van der Waals surface area contributed by atoms with Gasteiger partial charge in [-0.05, 0) is 31.6 Å². The van der Waals surface area contributed by atoms with Crippen LogP contribution in [0.4, 0.5) is 0 Å². The maximum atomic E-state index is 13.0. The Bertz CT molecular complexity index is 625. The summed E-state index contributed by atoms with van der Waals surface area (Å²) in [5.74, 6) is -0.324. The van der Waals surface area contributed by atoms with Gasteiger partial charge in [-0.25, -0.2) is 0 Å². The van der Waals surface area contributed by atoms with Crippen molar-refractivity contribution in [2.45, 2.75) is 18.6 Å². The number of carbonyl (C=O) groups is 2. The minimum Gasteiger partial charge on any atom is -0.356 e. The molecule has 2 atom stereocenters. The lowest BCUT2D eigenvalue weighted by molar-refractivity contribution is -0.155. The molecule has 1 aromatic carbocycles. The van der Waals surface area contributed by atoms with Crippen LogP contribution < -0.4 is 5.32 Å². The number of likely N-dealkylation sites (N-methyl/N-ethyl adjacent to an activating group) is 1. The molecule has 24 heavy (non-hydrogen) atoms. The van der Waals surface area contributed by atoms with E-state index in [0.29, 0.717) is 23.7 Å². The van der Waals surface area contributed by atoms with Crippen molar-refractivity contribution in [1.82, 2.24) is 15.1 Å². The number of ether oxygens (including phenoxy) is 1. The fourth-order valence-electron chi connectivity index (χ4n) is 3.18. The zero-order valence-corrected chi connectivity index (χ0v) is 14.5. The lowest BCUT2D eigenvalue weighted by Gasteiger charge is -2.35. The van der Waals surface area contributed by atoms with E-state index in [1.165, 1.54) is 0 Å². The van der Waals surface area contributed by atoms with Crippen LogP contribution >= 0.6 is 11.6 Å². The maximum Gasteiger partial charge on any atom is 0.254 e. The van der Waals surface area contributed by atoms with Crippen molar-refractivity contribution in [3.05, 3.63) is 34.9 Å². The predicted octanol–water partition coefficient (Wildman–Crippen LogP) is 1.06. The van der Waals surface area contributed by atoms with E-state index in [1.807, 2.05) is 23.1 Å². The van der Waals surface area contributed by atoms with Gasteiger partial charge in [-0.15, -0.1) is 0 Å². The number of hydrogen-bond donors (Lipinski definition) is 1. The van der Waals surface area contributed by atoms with Crippen LogP contribution in [0.15, 0.2) is 24.3 Å². The Morgan fingerprint density at radius 1 is 1.25 bits per heavy atom. The van der Waals surface area contributed by atoms with Crippen molar-refractivity contribution in [2.24, 2.45) is 0 Å². The first-order valence-electron chi connectivity index (χ1n) is 8.19. The number of benzene rings is 1. The van der Waals surface area contributed by atoms with E-state index in [-0.39, 0.29) is 18.4 Å². The molecule has 0 aromatic heterocycles. The van der Waals surface area contributed by atoms with E-state index in [0.717, 1.165) is 19.5 Å². The van der Waals surface area contributed by atoms with E-state index in [2.05, 4.69) is 17.3 Å². The predicted molar refractivity (Wildman–Crippen MR) is 90.8 cm³/mol. The third-order valence-electron chi connectivity index (χ3n) is 4.53. The van der Waals surface area contributed by atoms with Gasteiger partial charge in [0.1, 0.15) is 6.61 Å². The molecule has 2 fully saturated rings. The highest BCUT2D eigenvalue weighted by molar-refractivity contribution is 6.31. The second-order valence-electron chi connectivity index (χ2n) is 6.28. The maximum absolute atomic E-state index is 13.0. The van der Waals surface area contributed by atoms with Crippen LogP contribution in [0.2, 0.25) is 5.02 Å². The summed E-state index contributed by atoms with van der Waals surface area (Å²) >= 11 is 6.27. The highest BCUT2D eigenvalue weighted by Gasteiger charge is 2.39. The van der Waals surface area contributed by atoms with Crippen LogP contribution in [-0.2, 0) is 14.3 Å². The highest BCUT2D eigenvalue weighted by Crippen LogP contribution is 2.29. The lowest BCUT2D eigenvalue weighted by Crippen LogP contribution is -2.53. The summed E-state index contributed by atoms with van der Waals surface area (Å²) in [6.45, 7) is 3.07. The molecule has 2 aliphatic heterocycles. The smallest absolute Gasteiger partial charge is 0.254 e. The number of morpholine rings is 1. The molecule has 0 bridgehead atoms. The van der Waals surface area contributed by atoms with Gasteiger partial charge in [0.2, 0.25) is 5.91 Å². The van der Waals surface area contributed by atoms with E-state index >= 15 is 0 Å². The molecule has 3 rings (SSSR count). The lowest BCUT2D eigenvalue weighted by atomic mass is 9.98. The fraction of sp³-hybridized carbons (Fsp3) is 0.529. The van der Waals surface area contributed by atoms with Crippen molar-refractivity contribution in [2.75, 3.05) is 39.8 Å². The van der Waals surface area contributed by atoms with Crippen molar-refractivity contribution < 1.29 is 14.3 Å². The van der Waals surface area contributed by atoms with Gasteiger partial charge < -0.3 is 19.9 Å². The van der Waals surface area contributed by atoms with E-state index in [4.69, 9.17) is 16.3 Å². The molecule has 0 aliphatic carbocycles. The van der Waals surface area contributed by atoms with Gasteiger partial charge in [-0.2, -0.15) is 0 Å². The number of nitrogens with zero attached hydrogens (tertiary/aromatic N) is 2. The first kappa shape index (κ1) is 17.2. The highest BCUT2D eigenvalue weighted by atomic mass is 35.5. The zero-order chi connectivity index (χ0) is 17.1. The van der Waals surface area contributed by atoms with Crippen LogP contribution in [0.1, 0.15) is 18.0 Å². The number of rotatable bonds is 2. The summed E-state index contributed by atoms with van der Waals surface area (Å²) in [4.78, 5) is 28.8. The normalized spacial score (nSPS) is 25.9. The third kappa shape index (κ3) is 3.71. The second kappa shape index (κ2) is 7.51. The van der Waals surface area contributed by atoms with Crippen molar-refractivity contribution in [3.8, 4) is 0 Å². The summed E-state index contributed by atoms with van der Waals surface area (Å²) in [5, 5.41) is 3.38. The van der Waals surface area contributed by atoms with E-state index in [1.54, 1.807) is 6.07 Å². The molecule has 2 amide bonds. The van der Waals surface area contributed by atoms with Crippen LogP contribution in [0, 0.1) is 0 Å². The monoisotopic (exact) mass is 351 g/mol.